The van der Waals surface area contributed by atoms with Crippen LogP contribution in [0.4, 0.5) is 0 Å². The maximum absolute atomic E-state index is 11.7. The number of carbonyl (C=O) groups excluding carboxylic acids is 2. The molecule has 1 aromatic rings. The Morgan fingerprint density at radius 2 is 2.21 bits per heavy atom. The molecule has 7 nitrogen and oxygen atoms in total. The molecule has 0 spiro atoms. The molecule has 1 aliphatic rings. The molecular formula is C16H17N3O4S. The van der Waals surface area contributed by atoms with Gasteiger partial charge in [-0.3, -0.25) is 10.1 Å². The Bertz CT molecular complexity index is 741. The molecule has 0 bridgehead atoms. The van der Waals surface area contributed by atoms with E-state index in [-0.39, 0.29) is 4.91 Å². The average Bonchev–Trinajstić information content (AvgIpc) is 2.90. The average molecular weight is 347 g/mol. The van der Waals surface area contributed by atoms with Gasteiger partial charge in [-0.15, -0.1) is 5.10 Å². The standard InChI is InChI=1S/C16H17N3O4S/c1-4-23-12-7-11(6-5-10(12)2)9-17-19-16-18-15(21)13(24-16)8-14(20)22-3/h5-9H,4H2,1-3H3,(H,18,19,21)/b13-8+,17-9?. The van der Waals surface area contributed by atoms with Gasteiger partial charge in [0.1, 0.15) is 5.75 Å². The van der Waals surface area contributed by atoms with Crippen LogP contribution in [0.2, 0.25) is 0 Å². The molecule has 1 N–H and O–H groups in total. The van der Waals surface area contributed by atoms with Gasteiger partial charge in [0.25, 0.3) is 5.91 Å². The van der Waals surface area contributed by atoms with Crippen molar-refractivity contribution in [2.75, 3.05) is 13.7 Å². The molecule has 0 atom stereocenters. The quantitative estimate of drug-likeness (QED) is 0.381. The maximum Gasteiger partial charge on any atom is 0.331 e. The molecule has 0 aliphatic carbocycles. The molecule has 1 aliphatic heterocycles. The van der Waals surface area contributed by atoms with Gasteiger partial charge >= 0.3 is 5.97 Å². The monoisotopic (exact) mass is 347 g/mol. The van der Waals surface area contributed by atoms with Gasteiger partial charge < -0.3 is 9.47 Å². The molecule has 1 heterocycles. The highest BCUT2D eigenvalue weighted by Gasteiger charge is 2.24. The second kappa shape index (κ2) is 8.30. The second-order valence-corrected chi connectivity index (χ2v) is 5.73. The zero-order chi connectivity index (χ0) is 17.5. The van der Waals surface area contributed by atoms with E-state index in [4.69, 9.17) is 4.74 Å². The summed E-state index contributed by atoms with van der Waals surface area (Å²) in [6.07, 6.45) is 2.67. The highest BCUT2D eigenvalue weighted by atomic mass is 32.2. The van der Waals surface area contributed by atoms with Gasteiger partial charge in [0, 0.05) is 6.08 Å². The van der Waals surface area contributed by atoms with Crippen molar-refractivity contribution in [3.63, 3.8) is 0 Å². The highest BCUT2D eigenvalue weighted by Crippen LogP contribution is 2.23. The van der Waals surface area contributed by atoms with E-state index >= 15 is 0 Å². The lowest BCUT2D eigenvalue weighted by molar-refractivity contribution is -0.135. The van der Waals surface area contributed by atoms with Crippen molar-refractivity contribution in [2.45, 2.75) is 13.8 Å². The summed E-state index contributed by atoms with van der Waals surface area (Å²) in [5, 5.41) is 10.7. The first-order chi connectivity index (χ1) is 11.5. The van der Waals surface area contributed by atoms with Gasteiger partial charge in [0.05, 0.1) is 24.8 Å². The predicted octanol–water partition coefficient (Wildman–Crippen LogP) is 2.00. The van der Waals surface area contributed by atoms with Crippen molar-refractivity contribution in [1.82, 2.24) is 5.32 Å². The Hall–Kier alpha value is -2.61. The van der Waals surface area contributed by atoms with E-state index in [1.165, 1.54) is 7.11 Å². The number of methoxy groups -OCH3 is 1. The molecule has 0 unspecified atom stereocenters. The highest BCUT2D eigenvalue weighted by molar-refractivity contribution is 8.18. The number of aryl methyl sites for hydroxylation is 1. The van der Waals surface area contributed by atoms with E-state index in [0.29, 0.717) is 11.8 Å². The minimum absolute atomic E-state index is 0.213. The lowest BCUT2D eigenvalue weighted by Gasteiger charge is -2.06. The van der Waals surface area contributed by atoms with Gasteiger partial charge in [-0.1, -0.05) is 12.1 Å². The molecule has 1 aromatic carbocycles. The first-order valence-corrected chi connectivity index (χ1v) is 7.98. The summed E-state index contributed by atoms with van der Waals surface area (Å²) in [4.78, 5) is 23.0. The van der Waals surface area contributed by atoms with Crippen LogP contribution in [0, 0.1) is 6.92 Å². The minimum Gasteiger partial charge on any atom is -0.494 e. The summed E-state index contributed by atoms with van der Waals surface area (Å²) in [5.41, 5.74) is 1.87. The molecule has 0 aromatic heterocycles. The molecule has 0 radical (unpaired) electrons. The van der Waals surface area contributed by atoms with E-state index < -0.39 is 11.9 Å². The third-order valence-corrected chi connectivity index (χ3v) is 3.87. The molecule has 1 saturated heterocycles. The number of hydrogen-bond donors (Lipinski definition) is 1. The number of esters is 1. The van der Waals surface area contributed by atoms with Gasteiger partial charge in [-0.2, -0.15) is 5.10 Å². The number of amidine groups is 1. The molecule has 2 rings (SSSR count). The molecule has 0 saturated carbocycles. The Balaban J connectivity index is 2.07. The largest absolute Gasteiger partial charge is 0.494 e. The smallest absolute Gasteiger partial charge is 0.331 e. The van der Waals surface area contributed by atoms with Gasteiger partial charge in [-0.25, -0.2) is 4.79 Å². The van der Waals surface area contributed by atoms with Crippen LogP contribution in [0.15, 0.2) is 39.4 Å². The number of ether oxygens (including phenoxy) is 2. The molecule has 126 valence electrons. The van der Waals surface area contributed by atoms with Gasteiger partial charge in [-0.05, 0) is 42.8 Å². The molecule has 1 amide bonds. The summed E-state index contributed by atoms with van der Waals surface area (Å²) in [5.74, 6) is -0.213. The molecule has 8 heteroatoms. The fraction of sp³-hybridized carbons (Fsp3) is 0.250. The molecule has 1 fully saturated rings. The van der Waals surface area contributed by atoms with Crippen LogP contribution in [0.1, 0.15) is 18.1 Å². The van der Waals surface area contributed by atoms with Crippen molar-refractivity contribution < 1.29 is 19.1 Å². The van der Waals surface area contributed by atoms with Crippen LogP contribution in [-0.4, -0.2) is 37.0 Å². The number of hydrogen-bond acceptors (Lipinski definition) is 7. The Kier molecular flexibility index (Phi) is 6.14. The third kappa shape index (κ3) is 4.69. The maximum atomic E-state index is 11.7. The van der Waals surface area contributed by atoms with Crippen molar-refractivity contribution in [3.8, 4) is 5.75 Å². The topological polar surface area (TPSA) is 89.4 Å². The number of thioether (sulfide) groups is 1. The summed E-state index contributed by atoms with van der Waals surface area (Å²) < 4.78 is 10.0. The molecule has 24 heavy (non-hydrogen) atoms. The van der Waals surface area contributed by atoms with Crippen LogP contribution >= 0.6 is 11.8 Å². The Morgan fingerprint density at radius 1 is 1.42 bits per heavy atom. The van der Waals surface area contributed by atoms with Crippen molar-refractivity contribution in [2.24, 2.45) is 10.2 Å². The van der Waals surface area contributed by atoms with E-state index in [9.17, 15) is 9.59 Å². The fourth-order valence-corrected chi connectivity index (χ4v) is 2.54. The van der Waals surface area contributed by atoms with Crippen LogP contribution in [0.3, 0.4) is 0 Å². The number of amides is 1. The third-order valence-electron chi connectivity index (χ3n) is 2.97. The molecular weight excluding hydrogens is 330 g/mol. The summed E-state index contributed by atoms with van der Waals surface area (Å²) in [6, 6.07) is 5.69. The van der Waals surface area contributed by atoms with Crippen LogP contribution < -0.4 is 10.1 Å². The Morgan fingerprint density at radius 3 is 2.92 bits per heavy atom. The van der Waals surface area contributed by atoms with Crippen molar-refractivity contribution >= 4 is 35.0 Å². The first-order valence-electron chi connectivity index (χ1n) is 7.16. The van der Waals surface area contributed by atoms with Gasteiger partial charge in [0.2, 0.25) is 0 Å². The number of nitrogens with one attached hydrogen (secondary N) is 1. The van der Waals surface area contributed by atoms with Crippen LogP contribution in [0.25, 0.3) is 0 Å². The van der Waals surface area contributed by atoms with Crippen LogP contribution in [0.5, 0.6) is 5.75 Å². The van der Waals surface area contributed by atoms with E-state index in [2.05, 4.69) is 20.3 Å². The van der Waals surface area contributed by atoms with Crippen molar-refractivity contribution in [1.29, 1.82) is 0 Å². The summed E-state index contributed by atoms with van der Waals surface area (Å²) in [7, 11) is 1.24. The normalized spacial score (nSPS) is 17.5. The number of nitrogens with zero attached hydrogens (tertiary/aromatic N) is 2. The second-order valence-electron chi connectivity index (χ2n) is 4.70. The summed E-state index contributed by atoms with van der Waals surface area (Å²) >= 11 is 1.02. The fourth-order valence-electron chi connectivity index (χ4n) is 1.80. The lowest BCUT2D eigenvalue weighted by Crippen LogP contribution is -2.19. The minimum atomic E-state index is -0.597. The van der Waals surface area contributed by atoms with E-state index in [1.807, 2.05) is 32.0 Å². The predicted molar refractivity (Wildman–Crippen MR) is 93.2 cm³/mol. The van der Waals surface area contributed by atoms with E-state index in [0.717, 1.165) is 34.7 Å². The number of rotatable bonds is 5. The lowest BCUT2D eigenvalue weighted by atomic mass is 10.1. The SMILES string of the molecule is CCOc1cc(C=N/N=C2/NC(=O)/C(=C\C(=O)OC)S2)ccc1C. The zero-order valence-corrected chi connectivity index (χ0v) is 14.3. The number of carbonyl (C=O) groups is 2. The number of benzene rings is 1. The van der Waals surface area contributed by atoms with Gasteiger partial charge in [0.15, 0.2) is 5.17 Å². The van der Waals surface area contributed by atoms with Crippen molar-refractivity contribution in [3.05, 3.63) is 40.3 Å². The van der Waals surface area contributed by atoms with E-state index in [1.54, 1.807) is 6.21 Å². The first kappa shape index (κ1) is 17.7. The van der Waals surface area contributed by atoms with Crippen LogP contribution in [-0.2, 0) is 14.3 Å². The Labute approximate surface area is 143 Å². The summed E-state index contributed by atoms with van der Waals surface area (Å²) in [6.45, 7) is 4.47. The zero-order valence-electron chi connectivity index (χ0n) is 13.5.